The summed E-state index contributed by atoms with van der Waals surface area (Å²) in [5, 5.41) is 5.63. The van der Waals surface area contributed by atoms with E-state index < -0.39 is 9.84 Å². The standard InChI is InChI=1S/C28H36N6O3S/c1-19(2)21-4-5-24(34-16-20(17-34)18-38(3,35)36)23-15-30-26(14-22(21)23)31-25-6-10-29-27(32-25)33-11-7-28(8-12-33)9-13-37-28/h4-6,10,14-15,19-20H,7-9,11-13,16-18H2,1-3H3,(H,29,30,31,32). The molecule has 1 spiro atoms. The number of sulfone groups is 1. The topological polar surface area (TPSA) is 101 Å². The summed E-state index contributed by atoms with van der Waals surface area (Å²) in [5.41, 5.74) is 2.46. The number of anilines is 4. The minimum atomic E-state index is -2.97. The number of fused-ring (bicyclic) bond motifs is 1. The molecule has 0 amide bonds. The fourth-order valence-corrected chi connectivity index (χ4v) is 7.06. The number of hydrogen-bond donors (Lipinski definition) is 1. The SMILES string of the molecule is CC(C)c1ccc(N2CC(CS(C)(=O)=O)C2)c2cnc(Nc3ccnc(N4CCC5(CCO5)CC4)n3)cc12. The van der Waals surface area contributed by atoms with Crippen molar-refractivity contribution >= 4 is 43.9 Å². The van der Waals surface area contributed by atoms with Gasteiger partial charge in [0.15, 0.2) is 0 Å². The average molecular weight is 537 g/mol. The lowest BCUT2D eigenvalue weighted by atomic mass is 9.84. The van der Waals surface area contributed by atoms with Crippen LogP contribution in [0.4, 0.5) is 23.3 Å². The zero-order valence-electron chi connectivity index (χ0n) is 22.4. The highest BCUT2D eigenvalue weighted by Gasteiger charge is 2.41. The average Bonchev–Trinajstić information content (AvgIpc) is 2.84. The first kappa shape index (κ1) is 25.3. The zero-order chi connectivity index (χ0) is 26.5. The maximum atomic E-state index is 11.7. The Hall–Kier alpha value is -2.98. The number of piperidine rings is 1. The van der Waals surface area contributed by atoms with E-state index in [1.807, 2.05) is 12.3 Å². The molecule has 10 heteroatoms. The summed E-state index contributed by atoms with van der Waals surface area (Å²) in [5.74, 6) is 2.96. The van der Waals surface area contributed by atoms with Crippen molar-refractivity contribution in [1.29, 1.82) is 0 Å². The highest BCUT2D eigenvalue weighted by atomic mass is 32.2. The number of nitrogens with one attached hydrogen (secondary N) is 1. The third-order valence-corrected chi connectivity index (χ3v) is 9.27. The van der Waals surface area contributed by atoms with Gasteiger partial charge in [-0.15, -0.1) is 0 Å². The summed E-state index contributed by atoms with van der Waals surface area (Å²) < 4.78 is 29.2. The van der Waals surface area contributed by atoms with E-state index in [9.17, 15) is 8.42 Å². The number of aromatic nitrogens is 3. The molecule has 3 aliphatic heterocycles. The molecular formula is C28H36N6O3S. The molecule has 3 aliphatic rings. The van der Waals surface area contributed by atoms with Crippen LogP contribution in [0.2, 0.25) is 0 Å². The lowest BCUT2D eigenvalue weighted by Gasteiger charge is -2.47. The van der Waals surface area contributed by atoms with E-state index in [1.54, 1.807) is 6.20 Å². The van der Waals surface area contributed by atoms with E-state index in [1.165, 1.54) is 11.8 Å². The molecular weight excluding hydrogens is 500 g/mol. The van der Waals surface area contributed by atoms with Gasteiger partial charge in [-0.2, -0.15) is 4.98 Å². The lowest BCUT2D eigenvalue weighted by Crippen LogP contribution is -2.52. The Kier molecular flexibility index (Phi) is 6.42. The number of nitrogens with zero attached hydrogens (tertiary/aromatic N) is 5. The third kappa shape index (κ3) is 5.03. The van der Waals surface area contributed by atoms with Gasteiger partial charge in [0.05, 0.1) is 18.0 Å². The minimum absolute atomic E-state index is 0.0963. The van der Waals surface area contributed by atoms with Gasteiger partial charge >= 0.3 is 0 Å². The molecule has 3 fully saturated rings. The predicted molar refractivity (Wildman–Crippen MR) is 151 cm³/mol. The van der Waals surface area contributed by atoms with Crippen LogP contribution in [-0.4, -0.2) is 73.8 Å². The Morgan fingerprint density at radius 3 is 2.47 bits per heavy atom. The summed E-state index contributed by atoms with van der Waals surface area (Å²) in [6.45, 7) is 8.58. The van der Waals surface area contributed by atoms with Crippen LogP contribution in [0.25, 0.3) is 10.8 Å². The number of ether oxygens (including phenoxy) is 1. The molecule has 2 aromatic heterocycles. The fraction of sp³-hybridized carbons (Fsp3) is 0.536. The quantitative estimate of drug-likeness (QED) is 0.478. The normalized spacial score (nSPS) is 19.6. The Balaban J connectivity index is 1.22. The molecule has 0 atom stereocenters. The molecule has 5 heterocycles. The molecule has 0 aliphatic carbocycles. The van der Waals surface area contributed by atoms with Crippen LogP contribution in [0.1, 0.15) is 44.6 Å². The van der Waals surface area contributed by atoms with E-state index >= 15 is 0 Å². The summed E-state index contributed by atoms with van der Waals surface area (Å²) in [4.78, 5) is 18.5. The van der Waals surface area contributed by atoms with Gasteiger partial charge in [-0.05, 0) is 54.3 Å². The number of benzene rings is 1. The van der Waals surface area contributed by atoms with Gasteiger partial charge in [-0.25, -0.2) is 18.4 Å². The molecule has 0 bridgehead atoms. The molecule has 1 N–H and O–H groups in total. The number of pyridine rings is 1. The second-order valence-corrected chi connectivity index (χ2v) is 13.6. The molecule has 9 nitrogen and oxygen atoms in total. The molecule has 202 valence electrons. The monoisotopic (exact) mass is 536 g/mol. The van der Waals surface area contributed by atoms with Gasteiger partial charge in [0.25, 0.3) is 0 Å². The first-order chi connectivity index (χ1) is 18.2. The fourth-order valence-electron chi connectivity index (χ4n) is 6.00. The van der Waals surface area contributed by atoms with E-state index in [2.05, 4.69) is 52.1 Å². The summed E-state index contributed by atoms with van der Waals surface area (Å²) in [7, 11) is -2.97. The van der Waals surface area contributed by atoms with Crippen LogP contribution in [0, 0.1) is 5.92 Å². The number of rotatable bonds is 7. The lowest BCUT2D eigenvalue weighted by molar-refractivity contribution is -0.158. The summed E-state index contributed by atoms with van der Waals surface area (Å²) >= 11 is 0. The van der Waals surface area contributed by atoms with Crippen molar-refractivity contribution in [2.75, 3.05) is 59.9 Å². The third-order valence-electron chi connectivity index (χ3n) is 8.19. The van der Waals surface area contributed by atoms with Crippen molar-refractivity contribution in [3.05, 3.63) is 42.2 Å². The molecule has 6 rings (SSSR count). The van der Waals surface area contributed by atoms with Crippen molar-refractivity contribution in [1.82, 2.24) is 15.0 Å². The zero-order valence-corrected chi connectivity index (χ0v) is 23.2. The minimum Gasteiger partial charge on any atom is -0.375 e. The summed E-state index contributed by atoms with van der Waals surface area (Å²) in [6, 6.07) is 8.31. The van der Waals surface area contributed by atoms with E-state index in [0.29, 0.717) is 5.92 Å². The molecule has 3 aromatic rings. The van der Waals surface area contributed by atoms with Crippen molar-refractivity contribution in [3.8, 4) is 0 Å². The molecule has 0 radical (unpaired) electrons. The molecule has 1 aromatic carbocycles. The molecule has 3 saturated heterocycles. The Labute approximate surface area is 224 Å². The Morgan fingerprint density at radius 2 is 1.82 bits per heavy atom. The number of hydrogen-bond acceptors (Lipinski definition) is 9. The smallest absolute Gasteiger partial charge is 0.227 e. The van der Waals surface area contributed by atoms with E-state index in [-0.39, 0.29) is 17.3 Å². The van der Waals surface area contributed by atoms with Crippen LogP contribution in [-0.2, 0) is 14.6 Å². The van der Waals surface area contributed by atoms with Crippen molar-refractivity contribution in [2.24, 2.45) is 5.92 Å². The van der Waals surface area contributed by atoms with Crippen LogP contribution in [0.5, 0.6) is 0 Å². The molecule has 0 saturated carbocycles. The van der Waals surface area contributed by atoms with E-state index in [0.717, 1.165) is 86.1 Å². The van der Waals surface area contributed by atoms with Gasteiger partial charge in [0, 0.05) is 61.8 Å². The molecule has 38 heavy (non-hydrogen) atoms. The maximum Gasteiger partial charge on any atom is 0.227 e. The highest BCUT2D eigenvalue weighted by molar-refractivity contribution is 7.90. The van der Waals surface area contributed by atoms with Gasteiger partial charge in [-0.1, -0.05) is 19.9 Å². The Morgan fingerprint density at radius 1 is 1.05 bits per heavy atom. The van der Waals surface area contributed by atoms with Crippen molar-refractivity contribution in [3.63, 3.8) is 0 Å². The van der Waals surface area contributed by atoms with Crippen LogP contribution < -0.4 is 15.1 Å². The van der Waals surface area contributed by atoms with Gasteiger partial charge in [-0.3, -0.25) is 0 Å². The van der Waals surface area contributed by atoms with Gasteiger partial charge < -0.3 is 19.9 Å². The van der Waals surface area contributed by atoms with Crippen molar-refractivity contribution in [2.45, 2.75) is 44.6 Å². The molecule has 0 unspecified atom stereocenters. The Bertz CT molecular complexity index is 1440. The van der Waals surface area contributed by atoms with Crippen LogP contribution in [0.15, 0.2) is 36.7 Å². The van der Waals surface area contributed by atoms with Gasteiger partial charge in [0.2, 0.25) is 5.95 Å². The first-order valence-corrected chi connectivity index (χ1v) is 15.6. The second-order valence-electron chi connectivity index (χ2n) is 11.4. The van der Waals surface area contributed by atoms with E-state index in [4.69, 9.17) is 14.7 Å². The summed E-state index contributed by atoms with van der Waals surface area (Å²) in [6.07, 6.45) is 8.24. The second kappa shape index (κ2) is 9.64. The van der Waals surface area contributed by atoms with Crippen LogP contribution >= 0.6 is 0 Å². The highest BCUT2D eigenvalue weighted by Crippen LogP contribution is 2.38. The largest absolute Gasteiger partial charge is 0.375 e. The van der Waals surface area contributed by atoms with Gasteiger partial charge in [0.1, 0.15) is 21.5 Å². The van der Waals surface area contributed by atoms with Crippen LogP contribution in [0.3, 0.4) is 0 Å². The van der Waals surface area contributed by atoms with Crippen molar-refractivity contribution < 1.29 is 13.2 Å². The maximum absolute atomic E-state index is 11.7. The first-order valence-electron chi connectivity index (χ1n) is 13.5. The predicted octanol–water partition coefficient (Wildman–Crippen LogP) is 4.13.